The number of aromatic nitrogens is 1. The van der Waals surface area contributed by atoms with Crippen LogP contribution in [0.3, 0.4) is 0 Å². The van der Waals surface area contributed by atoms with Crippen LogP contribution in [0, 0.1) is 5.92 Å². The highest BCUT2D eigenvalue weighted by Gasteiger charge is 2.04. The van der Waals surface area contributed by atoms with E-state index in [2.05, 4.69) is 41.6 Å². The fourth-order valence-corrected chi connectivity index (χ4v) is 1.48. The van der Waals surface area contributed by atoms with Gasteiger partial charge in [-0.1, -0.05) is 25.9 Å². The third-order valence-corrected chi connectivity index (χ3v) is 2.64. The summed E-state index contributed by atoms with van der Waals surface area (Å²) in [6.45, 7) is 8.00. The third kappa shape index (κ3) is 5.21. The normalized spacial score (nSPS) is 11.9. The maximum atomic E-state index is 5.20. The van der Waals surface area contributed by atoms with Crippen molar-refractivity contribution in [2.24, 2.45) is 10.9 Å². The average Bonchev–Trinajstić information content (AvgIpc) is 2.81. The lowest BCUT2D eigenvalue weighted by atomic mass is 10.1. The van der Waals surface area contributed by atoms with E-state index in [1.165, 1.54) is 0 Å². The van der Waals surface area contributed by atoms with Crippen LogP contribution in [0.15, 0.2) is 15.6 Å². The molecular weight excluding hydrogens is 228 g/mol. The lowest BCUT2D eigenvalue weighted by Gasteiger charge is -2.11. The number of nitrogens with zero attached hydrogens (tertiary/aromatic N) is 2. The van der Waals surface area contributed by atoms with Crippen LogP contribution in [0.2, 0.25) is 0 Å². The van der Waals surface area contributed by atoms with Gasteiger partial charge in [0.2, 0.25) is 0 Å². The largest absolute Gasteiger partial charge is 0.359 e. The predicted octanol–water partition coefficient (Wildman–Crippen LogP) is 1.95. The summed E-state index contributed by atoms with van der Waals surface area (Å²) in [5.74, 6) is 2.32. The number of aryl methyl sites for hydroxylation is 1. The van der Waals surface area contributed by atoms with Gasteiger partial charge in [0.25, 0.3) is 0 Å². The van der Waals surface area contributed by atoms with Crippen LogP contribution < -0.4 is 10.6 Å². The Morgan fingerprint density at radius 2 is 2.22 bits per heavy atom. The fourth-order valence-electron chi connectivity index (χ4n) is 1.48. The Kier molecular flexibility index (Phi) is 6.25. The lowest BCUT2D eigenvalue weighted by Crippen LogP contribution is -2.37. The minimum absolute atomic E-state index is 0.606. The Morgan fingerprint density at radius 3 is 2.78 bits per heavy atom. The van der Waals surface area contributed by atoms with E-state index in [0.717, 1.165) is 36.8 Å². The SMILES string of the molecule is CCc1cc(CNC(=NC)NCCC(C)C)on1. The quantitative estimate of drug-likeness (QED) is 0.600. The summed E-state index contributed by atoms with van der Waals surface area (Å²) in [4.78, 5) is 4.16. The predicted molar refractivity (Wildman–Crippen MR) is 73.5 cm³/mol. The molecule has 1 heterocycles. The molecule has 1 aromatic heterocycles. The Bertz CT molecular complexity index is 371. The highest BCUT2D eigenvalue weighted by Crippen LogP contribution is 2.03. The molecule has 0 amide bonds. The second kappa shape index (κ2) is 7.74. The van der Waals surface area contributed by atoms with Gasteiger partial charge >= 0.3 is 0 Å². The highest BCUT2D eigenvalue weighted by molar-refractivity contribution is 5.79. The molecule has 2 N–H and O–H groups in total. The molecule has 0 saturated heterocycles. The number of hydrogen-bond donors (Lipinski definition) is 2. The maximum Gasteiger partial charge on any atom is 0.191 e. The smallest absolute Gasteiger partial charge is 0.191 e. The van der Waals surface area contributed by atoms with Crippen LogP contribution in [0.25, 0.3) is 0 Å². The van der Waals surface area contributed by atoms with Gasteiger partial charge < -0.3 is 15.2 Å². The monoisotopic (exact) mass is 252 g/mol. The second-order valence-electron chi connectivity index (χ2n) is 4.67. The summed E-state index contributed by atoms with van der Waals surface area (Å²) in [6, 6.07) is 1.97. The minimum atomic E-state index is 0.606. The molecule has 1 aromatic rings. The summed E-state index contributed by atoms with van der Waals surface area (Å²) in [6.07, 6.45) is 2.02. The first-order valence-corrected chi connectivity index (χ1v) is 6.54. The Labute approximate surface area is 109 Å². The van der Waals surface area contributed by atoms with E-state index in [0.29, 0.717) is 12.5 Å². The Balaban J connectivity index is 2.31. The number of hydrogen-bond acceptors (Lipinski definition) is 3. The molecule has 0 aliphatic rings. The molecule has 5 nitrogen and oxygen atoms in total. The van der Waals surface area contributed by atoms with Gasteiger partial charge in [-0.3, -0.25) is 4.99 Å². The first-order valence-electron chi connectivity index (χ1n) is 6.54. The van der Waals surface area contributed by atoms with Crippen molar-refractivity contribution in [3.05, 3.63) is 17.5 Å². The molecule has 5 heteroatoms. The number of rotatable bonds is 6. The number of aliphatic imine (C=N–C) groups is 1. The zero-order valence-electron chi connectivity index (χ0n) is 11.8. The van der Waals surface area contributed by atoms with Gasteiger partial charge in [0.1, 0.15) is 0 Å². The summed E-state index contributed by atoms with van der Waals surface area (Å²) < 4.78 is 5.20. The zero-order chi connectivity index (χ0) is 13.4. The van der Waals surface area contributed by atoms with Crippen LogP contribution in [0.1, 0.15) is 38.6 Å². The summed E-state index contributed by atoms with van der Waals surface area (Å²) in [5.41, 5.74) is 0.981. The standard InChI is InChI=1S/C13H24N4O/c1-5-11-8-12(18-17-11)9-16-13(14-4)15-7-6-10(2)3/h8,10H,5-7,9H2,1-4H3,(H2,14,15,16). The summed E-state index contributed by atoms with van der Waals surface area (Å²) in [5, 5.41) is 10.4. The first-order chi connectivity index (χ1) is 8.65. The molecular formula is C13H24N4O. The fraction of sp³-hybridized carbons (Fsp3) is 0.692. The number of guanidine groups is 1. The van der Waals surface area contributed by atoms with Gasteiger partial charge in [0.05, 0.1) is 12.2 Å². The summed E-state index contributed by atoms with van der Waals surface area (Å²) >= 11 is 0. The van der Waals surface area contributed by atoms with Crippen molar-refractivity contribution in [2.75, 3.05) is 13.6 Å². The van der Waals surface area contributed by atoms with Crippen molar-refractivity contribution in [3.8, 4) is 0 Å². The van der Waals surface area contributed by atoms with Crippen LogP contribution in [0.4, 0.5) is 0 Å². The van der Waals surface area contributed by atoms with Crippen molar-refractivity contribution >= 4 is 5.96 Å². The molecule has 0 bridgehead atoms. The van der Waals surface area contributed by atoms with E-state index < -0.39 is 0 Å². The molecule has 0 atom stereocenters. The van der Waals surface area contributed by atoms with Crippen LogP contribution in [-0.4, -0.2) is 24.7 Å². The molecule has 0 aliphatic heterocycles. The van der Waals surface area contributed by atoms with Gasteiger partial charge in [-0.2, -0.15) is 0 Å². The third-order valence-electron chi connectivity index (χ3n) is 2.64. The van der Waals surface area contributed by atoms with Gasteiger partial charge in [0, 0.05) is 19.7 Å². The van der Waals surface area contributed by atoms with Crippen LogP contribution >= 0.6 is 0 Å². The van der Waals surface area contributed by atoms with E-state index in [4.69, 9.17) is 4.52 Å². The van der Waals surface area contributed by atoms with Gasteiger partial charge in [0.15, 0.2) is 11.7 Å². The van der Waals surface area contributed by atoms with Crippen LogP contribution in [-0.2, 0) is 13.0 Å². The van der Waals surface area contributed by atoms with Crippen molar-refractivity contribution in [3.63, 3.8) is 0 Å². The Morgan fingerprint density at radius 1 is 1.44 bits per heavy atom. The van der Waals surface area contributed by atoms with Crippen molar-refractivity contribution < 1.29 is 4.52 Å². The van der Waals surface area contributed by atoms with E-state index in [1.54, 1.807) is 7.05 Å². The van der Waals surface area contributed by atoms with E-state index in [-0.39, 0.29) is 0 Å². The minimum Gasteiger partial charge on any atom is -0.359 e. The molecule has 18 heavy (non-hydrogen) atoms. The molecule has 0 aromatic carbocycles. The molecule has 0 aliphatic carbocycles. The van der Waals surface area contributed by atoms with Gasteiger partial charge in [-0.15, -0.1) is 0 Å². The Hall–Kier alpha value is -1.52. The lowest BCUT2D eigenvalue weighted by molar-refractivity contribution is 0.374. The first kappa shape index (κ1) is 14.5. The molecule has 0 spiro atoms. The molecule has 1 rings (SSSR count). The van der Waals surface area contributed by atoms with Crippen molar-refractivity contribution in [1.82, 2.24) is 15.8 Å². The average molecular weight is 252 g/mol. The highest BCUT2D eigenvalue weighted by atomic mass is 16.5. The maximum absolute atomic E-state index is 5.20. The topological polar surface area (TPSA) is 62.5 Å². The van der Waals surface area contributed by atoms with Crippen molar-refractivity contribution in [1.29, 1.82) is 0 Å². The van der Waals surface area contributed by atoms with E-state index in [9.17, 15) is 0 Å². The molecule has 0 radical (unpaired) electrons. The number of nitrogens with one attached hydrogen (secondary N) is 2. The second-order valence-corrected chi connectivity index (χ2v) is 4.67. The van der Waals surface area contributed by atoms with Gasteiger partial charge in [-0.05, 0) is 18.8 Å². The molecule has 0 unspecified atom stereocenters. The molecule has 102 valence electrons. The van der Waals surface area contributed by atoms with Gasteiger partial charge in [-0.25, -0.2) is 0 Å². The van der Waals surface area contributed by atoms with Crippen molar-refractivity contribution in [2.45, 2.75) is 40.2 Å². The van der Waals surface area contributed by atoms with Crippen LogP contribution in [0.5, 0.6) is 0 Å². The summed E-state index contributed by atoms with van der Waals surface area (Å²) in [7, 11) is 1.77. The zero-order valence-corrected chi connectivity index (χ0v) is 11.8. The molecule has 0 fully saturated rings. The van der Waals surface area contributed by atoms with E-state index >= 15 is 0 Å². The molecule has 0 saturated carbocycles. The van der Waals surface area contributed by atoms with E-state index in [1.807, 2.05) is 6.07 Å².